The van der Waals surface area contributed by atoms with Gasteiger partial charge in [-0.15, -0.1) is 0 Å². The van der Waals surface area contributed by atoms with Gasteiger partial charge in [-0.1, -0.05) is 36.4 Å². The SMILES string of the molecule is CO[P+](c1ccccc1)(c1ccccc1)N(C)C. The number of benzene rings is 2. The van der Waals surface area contributed by atoms with Gasteiger partial charge < -0.3 is 0 Å². The largest absolute Gasteiger partial charge is 0.280 e. The minimum absolute atomic E-state index is 1.24. The average Bonchev–Trinajstić information content (AvgIpc) is 2.42. The zero-order valence-corrected chi connectivity index (χ0v) is 12.0. The average molecular weight is 260 g/mol. The summed E-state index contributed by atoms with van der Waals surface area (Å²) in [6.07, 6.45) is 0. The van der Waals surface area contributed by atoms with Crippen LogP contribution in [0.3, 0.4) is 0 Å². The van der Waals surface area contributed by atoms with Crippen LogP contribution in [-0.4, -0.2) is 25.9 Å². The van der Waals surface area contributed by atoms with Gasteiger partial charge in [-0.2, -0.15) is 4.67 Å². The molecule has 2 aromatic carbocycles. The maximum absolute atomic E-state index is 6.01. The zero-order valence-electron chi connectivity index (χ0n) is 11.1. The molecule has 0 saturated carbocycles. The molecule has 18 heavy (non-hydrogen) atoms. The molecule has 0 saturated heterocycles. The van der Waals surface area contributed by atoms with Gasteiger partial charge in [-0.25, -0.2) is 4.52 Å². The molecule has 0 spiro atoms. The smallest absolute Gasteiger partial charge is 0.211 e. The number of nitrogens with zero attached hydrogens (tertiary/aromatic N) is 1. The molecule has 0 heterocycles. The highest BCUT2D eigenvalue weighted by Gasteiger charge is 2.47. The first-order valence-electron chi connectivity index (χ1n) is 5.95. The normalized spacial score (nSPS) is 11.8. The number of hydrogen-bond donors (Lipinski definition) is 0. The lowest BCUT2D eigenvalue weighted by molar-refractivity contribution is 0.415. The molecular formula is C15H19NOP+. The molecule has 2 rings (SSSR count). The van der Waals surface area contributed by atoms with Crippen molar-refractivity contribution in [3.63, 3.8) is 0 Å². The zero-order chi connectivity index (χ0) is 13.0. The summed E-state index contributed by atoms with van der Waals surface area (Å²) < 4.78 is 8.21. The fourth-order valence-electron chi connectivity index (χ4n) is 2.25. The molecule has 0 unspecified atom stereocenters. The van der Waals surface area contributed by atoms with Crippen LogP contribution >= 0.6 is 7.64 Å². The van der Waals surface area contributed by atoms with Crippen molar-refractivity contribution in [1.29, 1.82) is 0 Å². The Hall–Kier alpha value is -1.21. The van der Waals surface area contributed by atoms with Crippen LogP contribution in [0.5, 0.6) is 0 Å². The van der Waals surface area contributed by atoms with Crippen LogP contribution in [0.15, 0.2) is 60.7 Å². The van der Waals surface area contributed by atoms with E-state index in [1.54, 1.807) is 7.11 Å². The second-order valence-corrected chi connectivity index (χ2v) is 7.63. The number of hydrogen-bond acceptors (Lipinski definition) is 2. The van der Waals surface area contributed by atoms with E-state index in [4.69, 9.17) is 4.52 Å². The molecule has 0 aliphatic rings. The molecule has 2 aromatic rings. The van der Waals surface area contributed by atoms with Gasteiger partial charge in [0, 0.05) is 14.1 Å². The minimum Gasteiger partial charge on any atom is -0.211 e. The fraction of sp³-hybridized carbons (Fsp3) is 0.200. The molecule has 0 bridgehead atoms. The Morgan fingerprint density at radius 2 is 1.17 bits per heavy atom. The van der Waals surface area contributed by atoms with E-state index in [9.17, 15) is 0 Å². The summed E-state index contributed by atoms with van der Waals surface area (Å²) in [4.78, 5) is 0. The molecule has 3 heteroatoms. The summed E-state index contributed by atoms with van der Waals surface area (Å²) >= 11 is 0. The van der Waals surface area contributed by atoms with E-state index in [1.807, 2.05) is 12.1 Å². The Labute approximate surface area is 110 Å². The van der Waals surface area contributed by atoms with E-state index in [0.29, 0.717) is 0 Å². The first kappa shape index (κ1) is 13.2. The molecule has 94 valence electrons. The quantitative estimate of drug-likeness (QED) is 0.784. The number of rotatable bonds is 4. The second kappa shape index (κ2) is 5.62. The molecule has 0 radical (unpaired) electrons. The van der Waals surface area contributed by atoms with Crippen LogP contribution in [-0.2, 0) is 4.52 Å². The lowest BCUT2D eigenvalue weighted by atomic mass is 10.4. The summed E-state index contributed by atoms with van der Waals surface area (Å²) in [5, 5.41) is 2.48. The van der Waals surface area contributed by atoms with E-state index in [2.05, 4.69) is 67.3 Å². The van der Waals surface area contributed by atoms with E-state index in [-0.39, 0.29) is 0 Å². The Morgan fingerprint density at radius 3 is 1.44 bits per heavy atom. The lowest BCUT2D eigenvalue weighted by Crippen LogP contribution is -2.33. The summed E-state index contributed by atoms with van der Waals surface area (Å²) in [5.74, 6) is 0. The van der Waals surface area contributed by atoms with Crippen LogP contribution < -0.4 is 10.6 Å². The molecule has 0 aliphatic carbocycles. The minimum atomic E-state index is -1.92. The van der Waals surface area contributed by atoms with Gasteiger partial charge >= 0.3 is 0 Å². The highest BCUT2D eigenvalue weighted by Crippen LogP contribution is 2.58. The van der Waals surface area contributed by atoms with Crippen LogP contribution in [0, 0.1) is 0 Å². The molecular weight excluding hydrogens is 241 g/mol. The van der Waals surface area contributed by atoms with Crippen molar-refractivity contribution in [2.24, 2.45) is 0 Å². The van der Waals surface area contributed by atoms with Gasteiger partial charge in [-0.05, 0) is 24.3 Å². The van der Waals surface area contributed by atoms with Crippen molar-refractivity contribution in [3.05, 3.63) is 60.7 Å². The predicted octanol–water partition coefficient (Wildman–Crippen LogP) is 2.69. The molecule has 0 aliphatic heterocycles. The van der Waals surface area contributed by atoms with Gasteiger partial charge in [0.15, 0.2) is 0 Å². The first-order valence-corrected chi connectivity index (χ1v) is 7.61. The van der Waals surface area contributed by atoms with Crippen molar-refractivity contribution >= 4 is 18.2 Å². The van der Waals surface area contributed by atoms with Crippen LogP contribution in [0.2, 0.25) is 0 Å². The van der Waals surface area contributed by atoms with Crippen molar-refractivity contribution < 1.29 is 4.52 Å². The summed E-state index contributed by atoms with van der Waals surface area (Å²) in [5.41, 5.74) is 0. The molecule has 0 fully saturated rings. The predicted molar refractivity (Wildman–Crippen MR) is 79.8 cm³/mol. The van der Waals surface area contributed by atoms with E-state index < -0.39 is 7.64 Å². The Balaban J connectivity index is 2.61. The van der Waals surface area contributed by atoms with Crippen molar-refractivity contribution in [2.75, 3.05) is 21.2 Å². The third-order valence-corrected chi connectivity index (χ3v) is 6.69. The maximum Gasteiger partial charge on any atom is 0.280 e. The maximum atomic E-state index is 6.01. The molecule has 0 atom stereocenters. The summed E-state index contributed by atoms with van der Waals surface area (Å²) in [6, 6.07) is 20.9. The Kier molecular flexibility index (Phi) is 4.13. The van der Waals surface area contributed by atoms with Crippen LogP contribution in [0.4, 0.5) is 0 Å². The molecule has 2 nitrogen and oxygen atoms in total. The highest BCUT2D eigenvalue weighted by atomic mass is 31.2. The first-order chi connectivity index (χ1) is 8.71. The van der Waals surface area contributed by atoms with Crippen LogP contribution in [0.1, 0.15) is 0 Å². The molecule has 0 N–H and O–H groups in total. The second-order valence-electron chi connectivity index (χ2n) is 4.28. The van der Waals surface area contributed by atoms with Gasteiger partial charge in [0.05, 0.1) is 7.11 Å². The molecule has 0 amide bonds. The van der Waals surface area contributed by atoms with Crippen LogP contribution in [0.25, 0.3) is 0 Å². The topological polar surface area (TPSA) is 12.5 Å². The van der Waals surface area contributed by atoms with Gasteiger partial charge in [-0.3, -0.25) is 0 Å². The van der Waals surface area contributed by atoms with Gasteiger partial charge in [0.1, 0.15) is 10.6 Å². The molecule has 0 aromatic heterocycles. The monoisotopic (exact) mass is 260 g/mol. The summed E-state index contributed by atoms with van der Waals surface area (Å²) in [7, 11) is 4.04. The fourth-order valence-corrected chi connectivity index (χ4v) is 5.37. The standard InChI is InChI=1S/C15H19NOP/c1-16(2)18(17-3,14-10-6-4-7-11-14)15-12-8-5-9-13-15/h4-13H,1-3H3/q+1. The third kappa shape index (κ3) is 2.20. The summed E-state index contributed by atoms with van der Waals surface area (Å²) in [6.45, 7) is 0. The Morgan fingerprint density at radius 1 is 0.778 bits per heavy atom. The van der Waals surface area contributed by atoms with E-state index in [1.165, 1.54) is 10.6 Å². The van der Waals surface area contributed by atoms with E-state index in [0.717, 1.165) is 0 Å². The van der Waals surface area contributed by atoms with E-state index >= 15 is 0 Å². The van der Waals surface area contributed by atoms with Gasteiger partial charge in [0.2, 0.25) is 0 Å². The van der Waals surface area contributed by atoms with Gasteiger partial charge in [0.25, 0.3) is 7.64 Å². The van der Waals surface area contributed by atoms with Crippen molar-refractivity contribution in [1.82, 2.24) is 4.67 Å². The third-order valence-electron chi connectivity index (χ3n) is 3.04. The Bertz CT molecular complexity index is 445. The van der Waals surface area contributed by atoms with Crippen molar-refractivity contribution in [3.8, 4) is 0 Å². The lowest BCUT2D eigenvalue weighted by Gasteiger charge is -2.28. The highest BCUT2D eigenvalue weighted by molar-refractivity contribution is 7.83. The van der Waals surface area contributed by atoms with Crippen molar-refractivity contribution in [2.45, 2.75) is 0 Å².